The monoisotopic (exact) mass is 415 g/mol. The molecule has 2 N–H and O–H groups in total. The van der Waals surface area contributed by atoms with Crippen LogP contribution in [0.5, 0.6) is 0 Å². The Kier molecular flexibility index (Phi) is 5.28. The van der Waals surface area contributed by atoms with Crippen molar-refractivity contribution in [1.29, 1.82) is 0 Å². The Morgan fingerprint density at radius 1 is 1.00 bits per heavy atom. The second-order valence-electron chi connectivity index (χ2n) is 7.39. The number of ether oxygens (including phenoxy) is 1. The molecule has 0 amide bonds. The molecule has 1 aliphatic rings. The van der Waals surface area contributed by atoms with Crippen LogP contribution in [0.1, 0.15) is 6.99 Å². The van der Waals surface area contributed by atoms with Crippen LogP contribution in [-0.2, 0) is 4.74 Å². The van der Waals surface area contributed by atoms with Crippen LogP contribution in [0, 0.1) is 6.92 Å². The fourth-order valence-electron chi connectivity index (χ4n) is 3.66. The Labute approximate surface area is 181 Å². The second-order valence-corrected chi connectivity index (χ2v) is 7.39. The van der Waals surface area contributed by atoms with E-state index in [4.69, 9.17) is 4.74 Å². The lowest BCUT2D eigenvalue weighted by Gasteiger charge is -2.28. The Morgan fingerprint density at radius 2 is 1.84 bits per heavy atom. The lowest BCUT2D eigenvalue weighted by atomic mass is 10.1. The van der Waals surface area contributed by atoms with Crippen molar-refractivity contribution in [2.45, 2.75) is 6.92 Å². The minimum atomic E-state index is 0. The molecule has 8 heteroatoms. The standard InChI is InChI=1S/C23H23N7O.H2/c1-16-3-2-4-19-20(15-25-29-22(16)19)27-21-9-10-24-23(28-21)26-17-5-7-18(8-6-17)30-11-13-31-14-12-30;/h2-10,15H,11-14H2,1H3,(H2,24,26,27,28,29);1H. The highest BCUT2D eigenvalue weighted by molar-refractivity contribution is 5.93. The first-order chi connectivity index (χ1) is 15.3. The predicted octanol–water partition coefficient (Wildman–Crippen LogP) is 4.30. The molecule has 1 aliphatic heterocycles. The van der Waals surface area contributed by atoms with Crippen LogP contribution in [0.4, 0.5) is 28.8 Å². The smallest absolute Gasteiger partial charge is 0.229 e. The maximum Gasteiger partial charge on any atom is 0.229 e. The lowest BCUT2D eigenvalue weighted by molar-refractivity contribution is 0.122. The van der Waals surface area contributed by atoms with E-state index in [1.807, 2.05) is 43.3 Å². The van der Waals surface area contributed by atoms with Gasteiger partial charge >= 0.3 is 0 Å². The van der Waals surface area contributed by atoms with Crippen molar-refractivity contribution in [2.75, 3.05) is 41.8 Å². The quantitative estimate of drug-likeness (QED) is 0.499. The van der Waals surface area contributed by atoms with E-state index < -0.39 is 0 Å². The summed E-state index contributed by atoms with van der Waals surface area (Å²) in [5.41, 5.74) is 4.94. The van der Waals surface area contributed by atoms with Gasteiger partial charge in [-0.25, -0.2) is 4.98 Å². The molecule has 4 aromatic rings. The topological polar surface area (TPSA) is 88.1 Å². The van der Waals surface area contributed by atoms with Gasteiger partial charge < -0.3 is 20.3 Å². The minimum absolute atomic E-state index is 0. The summed E-state index contributed by atoms with van der Waals surface area (Å²) in [5, 5.41) is 16.0. The molecule has 3 heterocycles. The van der Waals surface area contributed by atoms with Crippen LogP contribution in [0.2, 0.25) is 0 Å². The van der Waals surface area contributed by atoms with E-state index >= 15 is 0 Å². The molecule has 0 aliphatic carbocycles. The van der Waals surface area contributed by atoms with E-state index in [0.717, 1.165) is 54.1 Å². The van der Waals surface area contributed by atoms with Crippen LogP contribution in [0.15, 0.2) is 60.9 Å². The van der Waals surface area contributed by atoms with E-state index in [-0.39, 0.29) is 1.43 Å². The molecule has 1 saturated heterocycles. The summed E-state index contributed by atoms with van der Waals surface area (Å²) in [6.07, 6.45) is 3.43. The molecule has 5 rings (SSSR count). The number of rotatable bonds is 5. The van der Waals surface area contributed by atoms with Gasteiger partial charge in [-0.2, -0.15) is 15.2 Å². The van der Waals surface area contributed by atoms with E-state index in [1.165, 1.54) is 5.69 Å². The summed E-state index contributed by atoms with van der Waals surface area (Å²) in [6.45, 7) is 5.41. The van der Waals surface area contributed by atoms with Crippen LogP contribution >= 0.6 is 0 Å². The zero-order valence-corrected chi connectivity index (χ0v) is 17.2. The Balaban J connectivity index is 0.00000245. The van der Waals surface area contributed by atoms with Crippen molar-refractivity contribution in [3.63, 3.8) is 0 Å². The van der Waals surface area contributed by atoms with E-state index in [9.17, 15) is 0 Å². The van der Waals surface area contributed by atoms with Crippen molar-refractivity contribution in [1.82, 2.24) is 20.2 Å². The molecule has 158 valence electrons. The van der Waals surface area contributed by atoms with Crippen molar-refractivity contribution in [2.24, 2.45) is 0 Å². The van der Waals surface area contributed by atoms with Gasteiger partial charge in [0, 0.05) is 37.5 Å². The normalized spacial score (nSPS) is 13.9. The summed E-state index contributed by atoms with van der Waals surface area (Å²) in [7, 11) is 0. The van der Waals surface area contributed by atoms with Crippen LogP contribution in [0.3, 0.4) is 0 Å². The highest BCUT2D eigenvalue weighted by Gasteiger charge is 2.11. The van der Waals surface area contributed by atoms with Gasteiger partial charge in [-0.05, 0) is 42.8 Å². The van der Waals surface area contributed by atoms with Crippen LogP contribution in [-0.4, -0.2) is 46.5 Å². The molecule has 31 heavy (non-hydrogen) atoms. The van der Waals surface area contributed by atoms with Crippen molar-refractivity contribution in [3.8, 4) is 0 Å². The molecule has 0 spiro atoms. The summed E-state index contributed by atoms with van der Waals surface area (Å²) >= 11 is 0. The van der Waals surface area contributed by atoms with Crippen molar-refractivity contribution in [3.05, 3.63) is 66.5 Å². The van der Waals surface area contributed by atoms with Gasteiger partial charge in [0.05, 0.1) is 30.6 Å². The number of benzene rings is 2. The summed E-state index contributed by atoms with van der Waals surface area (Å²) in [4.78, 5) is 11.3. The fourth-order valence-corrected chi connectivity index (χ4v) is 3.66. The Morgan fingerprint density at radius 3 is 2.68 bits per heavy atom. The zero-order valence-electron chi connectivity index (χ0n) is 17.2. The summed E-state index contributed by atoms with van der Waals surface area (Å²) in [5.74, 6) is 1.20. The zero-order chi connectivity index (χ0) is 21.0. The Hall–Kier alpha value is -3.78. The molecule has 2 aromatic heterocycles. The number of aryl methyl sites for hydroxylation is 1. The van der Waals surface area contributed by atoms with E-state index in [1.54, 1.807) is 12.4 Å². The maximum atomic E-state index is 5.42. The number of anilines is 5. The highest BCUT2D eigenvalue weighted by atomic mass is 16.5. The molecular formula is C23H25N7O. The number of nitrogens with zero attached hydrogens (tertiary/aromatic N) is 5. The second kappa shape index (κ2) is 8.53. The van der Waals surface area contributed by atoms with Gasteiger partial charge in [0.25, 0.3) is 0 Å². The average Bonchev–Trinajstić information content (AvgIpc) is 2.81. The molecule has 0 radical (unpaired) electrons. The van der Waals surface area contributed by atoms with Crippen molar-refractivity contribution >= 4 is 39.7 Å². The van der Waals surface area contributed by atoms with Gasteiger partial charge in [-0.15, -0.1) is 0 Å². The molecule has 8 nitrogen and oxygen atoms in total. The highest BCUT2D eigenvalue weighted by Crippen LogP contribution is 2.26. The molecule has 1 fully saturated rings. The molecule has 0 atom stereocenters. The summed E-state index contributed by atoms with van der Waals surface area (Å²) in [6, 6.07) is 16.2. The van der Waals surface area contributed by atoms with Gasteiger partial charge in [-0.1, -0.05) is 18.2 Å². The maximum absolute atomic E-state index is 5.42. The van der Waals surface area contributed by atoms with Gasteiger partial charge in [0.15, 0.2) is 0 Å². The first-order valence-electron chi connectivity index (χ1n) is 10.3. The third kappa shape index (κ3) is 4.24. The molecule has 0 unspecified atom stereocenters. The third-order valence-electron chi connectivity index (χ3n) is 5.29. The number of nitrogens with one attached hydrogen (secondary N) is 2. The van der Waals surface area contributed by atoms with Crippen LogP contribution in [0.25, 0.3) is 10.9 Å². The van der Waals surface area contributed by atoms with Crippen molar-refractivity contribution < 1.29 is 6.16 Å². The molecule has 0 bridgehead atoms. The molecule has 2 aromatic carbocycles. The minimum Gasteiger partial charge on any atom is -0.378 e. The predicted molar refractivity (Wildman–Crippen MR) is 124 cm³/mol. The van der Waals surface area contributed by atoms with Gasteiger partial charge in [-0.3, -0.25) is 0 Å². The Bertz CT molecular complexity index is 1200. The number of hydrogen-bond donors (Lipinski definition) is 2. The van der Waals surface area contributed by atoms with E-state index in [2.05, 4.69) is 47.8 Å². The van der Waals surface area contributed by atoms with Gasteiger partial charge in [0.2, 0.25) is 5.95 Å². The fraction of sp³-hybridized carbons (Fsp3) is 0.217. The number of aromatic nitrogens is 4. The van der Waals surface area contributed by atoms with E-state index in [0.29, 0.717) is 11.8 Å². The first kappa shape index (κ1) is 19.2. The number of morpholine rings is 1. The number of hydrogen-bond acceptors (Lipinski definition) is 8. The SMILES string of the molecule is Cc1cccc2c(Nc3ccnc(Nc4ccc(N5CCOCC5)cc4)n3)cnnc12.[HH]. The lowest BCUT2D eigenvalue weighted by Crippen LogP contribution is -2.36. The third-order valence-corrected chi connectivity index (χ3v) is 5.29. The molecular weight excluding hydrogens is 390 g/mol. The molecule has 0 saturated carbocycles. The van der Waals surface area contributed by atoms with Crippen LogP contribution < -0.4 is 15.5 Å². The number of fused-ring (bicyclic) bond motifs is 1. The summed E-state index contributed by atoms with van der Waals surface area (Å²) < 4.78 is 5.42. The average molecular weight is 416 g/mol. The van der Waals surface area contributed by atoms with Gasteiger partial charge in [0.1, 0.15) is 5.82 Å². The largest absolute Gasteiger partial charge is 0.378 e. The first-order valence-corrected chi connectivity index (χ1v) is 10.3.